The third kappa shape index (κ3) is 17.7. The molecule has 0 aromatic heterocycles. The fourth-order valence-corrected chi connectivity index (χ4v) is 3.92. The van der Waals surface area contributed by atoms with Gasteiger partial charge in [-0.3, -0.25) is 4.79 Å². The topological polar surface area (TPSA) is 40.5 Å². The Balaban J connectivity index is 3.39. The minimum absolute atomic E-state index is 0.160. The Kier molecular flexibility index (Phi) is 20.5. The van der Waals surface area contributed by atoms with Crippen LogP contribution in [0.2, 0.25) is 0 Å². The van der Waals surface area contributed by atoms with Crippen molar-refractivity contribution >= 4 is 15.1 Å². The molecule has 2 unspecified atom stereocenters. The highest BCUT2D eigenvalue weighted by molar-refractivity contribution is 7.16. The lowest BCUT2D eigenvalue weighted by Gasteiger charge is -2.23. The summed E-state index contributed by atoms with van der Waals surface area (Å²) in [6.07, 6.45) is 21.5. The van der Waals surface area contributed by atoms with Crippen molar-refractivity contribution in [3.63, 3.8) is 0 Å². The van der Waals surface area contributed by atoms with Crippen LogP contribution in [0.3, 0.4) is 0 Å². The van der Waals surface area contributed by atoms with Gasteiger partial charge in [0, 0.05) is 19.3 Å². The molecular weight excluding hydrogens is 353 g/mol. The molecule has 0 radical (unpaired) electrons. The zero-order valence-electron chi connectivity index (χ0n) is 18.4. The van der Waals surface area contributed by atoms with Crippen LogP contribution in [0.1, 0.15) is 123 Å². The summed E-state index contributed by atoms with van der Waals surface area (Å²) in [6, 6.07) is 0. The summed E-state index contributed by atoms with van der Waals surface area (Å²) in [4.78, 5) is 13.7. The van der Waals surface area contributed by atoms with Crippen LogP contribution >= 0.6 is 9.24 Å². The van der Waals surface area contributed by atoms with E-state index < -0.39 is 0 Å². The Morgan fingerprint density at radius 2 is 1.22 bits per heavy atom. The Bertz CT molecular complexity index is 326. The number of aliphatic hydroxyl groups is 1. The van der Waals surface area contributed by atoms with Gasteiger partial charge in [-0.15, -0.1) is 9.24 Å². The molecule has 3 nitrogen and oxygen atoms in total. The maximum atomic E-state index is 11.9. The Labute approximate surface area is 172 Å². The predicted molar refractivity (Wildman–Crippen MR) is 122 cm³/mol. The number of carbonyl (C=O) groups is 1. The van der Waals surface area contributed by atoms with Crippen molar-refractivity contribution in [2.75, 3.05) is 12.8 Å². The van der Waals surface area contributed by atoms with Gasteiger partial charge in [0.1, 0.15) is 0 Å². The first-order valence-electron chi connectivity index (χ1n) is 11.8. The van der Waals surface area contributed by atoms with E-state index in [1.54, 1.807) is 4.90 Å². The molecule has 0 aliphatic carbocycles. The lowest BCUT2D eigenvalue weighted by Crippen LogP contribution is -2.36. The minimum Gasteiger partial charge on any atom is -0.391 e. The number of hydrogen-bond donors (Lipinski definition) is 1. The van der Waals surface area contributed by atoms with Gasteiger partial charge in [0.25, 0.3) is 0 Å². The summed E-state index contributed by atoms with van der Waals surface area (Å²) in [6.45, 7) is 4.78. The standard InChI is InChI=1S/C23H48NO2P/c1-3-5-6-7-8-9-10-11-12-13-14-15-16-17-19-22(25)20-24(21-27)23(26)18-4-2/h22,25H,3-21,27H2,1-2H3. The number of amides is 1. The van der Waals surface area contributed by atoms with E-state index in [1.807, 2.05) is 6.92 Å². The molecule has 1 amide bonds. The summed E-state index contributed by atoms with van der Waals surface area (Å²) >= 11 is 0. The molecule has 0 aromatic carbocycles. The third-order valence-electron chi connectivity index (χ3n) is 5.36. The molecule has 0 aromatic rings. The summed E-state index contributed by atoms with van der Waals surface area (Å²) in [5.41, 5.74) is 0. The molecule has 0 fully saturated rings. The molecule has 27 heavy (non-hydrogen) atoms. The summed E-state index contributed by atoms with van der Waals surface area (Å²) in [5.74, 6) is 0.160. The van der Waals surface area contributed by atoms with Gasteiger partial charge in [-0.2, -0.15) is 0 Å². The van der Waals surface area contributed by atoms with Crippen molar-refractivity contribution in [1.29, 1.82) is 0 Å². The van der Waals surface area contributed by atoms with Gasteiger partial charge >= 0.3 is 0 Å². The molecule has 0 spiro atoms. The second kappa shape index (κ2) is 20.6. The number of rotatable bonds is 20. The SMILES string of the molecule is CCCCCCCCCCCCCCCCC(O)CN(CP)C(=O)CCC. The van der Waals surface area contributed by atoms with Crippen molar-refractivity contribution in [3.8, 4) is 0 Å². The van der Waals surface area contributed by atoms with E-state index in [-0.39, 0.29) is 12.0 Å². The molecule has 4 heteroatoms. The first-order chi connectivity index (χ1) is 13.2. The molecule has 0 rings (SSSR count). The van der Waals surface area contributed by atoms with E-state index >= 15 is 0 Å². The summed E-state index contributed by atoms with van der Waals surface area (Å²) in [7, 11) is 2.60. The largest absolute Gasteiger partial charge is 0.391 e. The van der Waals surface area contributed by atoms with Gasteiger partial charge in [-0.25, -0.2) is 0 Å². The zero-order chi connectivity index (χ0) is 20.2. The normalized spacial score (nSPS) is 12.3. The summed E-state index contributed by atoms with van der Waals surface area (Å²) < 4.78 is 0. The Morgan fingerprint density at radius 3 is 1.63 bits per heavy atom. The zero-order valence-corrected chi connectivity index (χ0v) is 19.5. The highest BCUT2D eigenvalue weighted by Gasteiger charge is 2.14. The van der Waals surface area contributed by atoms with E-state index in [1.165, 1.54) is 83.5 Å². The van der Waals surface area contributed by atoms with Crippen LogP contribution in [0.5, 0.6) is 0 Å². The van der Waals surface area contributed by atoms with Crippen LogP contribution < -0.4 is 0 Å². The van der Waals surface area contributed by atoms with Gasteiger partial charge in [0.2, 0.25) is 5.91 Å². The van der Waals surface area contributed by atoms with E-state index in [0.29, 0.717) is 19.3 Å². The van der Waals surface area contributed by atoms with Gasteiger partial charge in [-0.1, -0.05) is 104 Å². The van der Waals surface area contributed by atoms with Gasteiger partial charge < -0.3 is 10.0 Å². The molecule has 0 aliphatic heterocycles. The van der Waals surface area contributed by atoms with Gasteiger partial charge in [0.15, 0.2) is 0 Å². The summed E-state index contributed by atoms with van der Waals surface area (Å²) in [5, 5.41) is 10.2. The van der Waals surface area contributed by atoms with E-state index in [0.717, 1.165) is 19.3 Å². The van der Waals surface area contributed by atoms with E-state index in [2.05, 4.69) is 16.2 Å². The van der Waals surface area contributed by atoms with Crippen LogP contribution in [-0.4, -0.2) is 34.8 Å². The first kappa shape index (κ1) is 26.9. The highest BCUT2D eigenvalue weighted by Crippen LogP contribution is 2.14. The maximum absolute atomic E-state index is 11.9. The highest BCUT2D eigenvalue weighted by atomic mass is 31.0. The molecule has 0 bridgehead atoms. The van der Waals surface area contributed by atoms with Crippen LogP contribution in [0, 0.1) is 0 Å². The van der Waals surface area contributed by atoms with Crippen LogP contribution in [0.15, 0.2) is 0 Å². The van der Waals surface area contributed by atoms with Crippen molar-refractivity contribution in [1.82, 2.24) is 4.90 Å². The molecule has 0 heterocycles. The van der Waals surface area contributed by atoms with Crippen LogP contribution in [-0.2, 0) is 4.79 Å². The Hall–Kier alpha value is -0.140. The molecule has 0 aliphatic rings. The third-order valence-corrected chi connectivity index (χ3v) is 5.80. The second-order valence-corrected chi connectivity index (χ2v) is 8.45. The van der Waals surface area contributed by atoms with Crippen LogP contribution in [0.25, 0.3) is 0 Å². The number of nitrogens with zero attached hydrogens (tertiary/aromatic N) is 1. The average Bonchev–Trinajstić information content (AvgIpc) is 2.66. The molecule has 0 saturated carbocycles. The fourth-order valence-electron chi connectivity index (χ4n) is 3.57. The van der Waals surface area contributed by atoms with Gasteiger partial charge in [0.05, 0.1) is 6.10 Å². The van der Waals surface area contributed by atoms with Crippen molar-refractivity contribution in [2.24, 2.45) is 0 Å². The first-order valence-corrected chi connectivity index (χ1v) is 12.6. The van der Waals surface area contributed by atoms with Gasteiger partial charge in [-0.05, 0) is 12.8 Å². The average molecular weight is 402 g/mol. The monoisotopic (exact) mass is 401 g/mol. The van der Waals surface area contributed by atoms with E-state index in [9.17, 15) is 9.90 Å². The molecule has 0 saturated heterocycles. The second-order valence-electron chi connectivity index (χ2n) is 8.09. The number of aliphatic hydroxyl groups excluding tert-OH is 1. The minimum atomic E-state index is -0.372. The lowest BCUT2D eigenvalue weighted by molar-refractivity contribution is -0.131. The smallest absolute Gasteiger partial charge is 0.222 e. The lowest BCUT2D eigenvalue weighted by atomic mass is 10.0. The number of unbranched alkanes of at least 4 members (excludes halogenated alkanes) is 13. The van der Waals surface area contributed by atoms with E-state index in [4.69, 9.17) is 0 Å². The molecular formula is C23H48NO2P. The van der Waals surface area contributed by atoms with Crippen LogP contribution in [0.4, 0.5) is 0 Å². The van der Waals surface area contributed by atoms with Crippen molar-refractivity contribution in [2.45, 2.75) is 129 Å². The fraction of sp³-hybridized carbons (Fsp3) is 0.957. The van der Waals surface area contributed by atoms with Crippen molar-refractivity contribution in [3.05, 3.63) is 0 Å². The molecule has 1 N–H and O–H groups in total. The molecule has 162 valence electrons. The van der Waals surface area contributed by atoms with Crippen molar-refractivity contribution < 1.29 is 9.90 Å². The number of hydrogen-bond acceptors (Lipinski definition) is 2. The quantitative estimate of drug-likeness (QED) is 0.183. The predicted octanol–water partition coefficient (Wildman–Crippen LogP) is 6.68. The molecule has 2 atom stereocenters. The maximum Gasteiger partial charge on any atom is 0.222 e. The Morgan fingerprint density at radius 1 is 0.778 bits per heavy atom. The number of carbonyl (C=O) groups excluding carboxylic acids is 1.